The first-order valence-corrected chi connectivity index (χ1v) is 3.35. The smallest absolute Gasteiger partial charge is 0.150 e. The summed E-state index contributed by atoms with van der Waals surface area (Å²) < 4.78 is 0. The SMILES string of the molecule is O=Cc1ccccc1C=S. The lowest BCUT2D eigenvalue weighted by Gasteiger charge is -1.93. The van der Waals surface area contributed by atoms with Crippen molar-refractivity contribution in [2.24, 2.45) is 0 Å². The van der Waals surface area contributed by atoms with Gasteiger partial charge >= 0.3 is 0 Å². The first-order valence-electron chi connectivity index (χ1n) is 2.88. The van der Waals surface area contributed by atoms with Gasteiger partial charge in [0.15, 0.2) is 6.29 Å². The van der Waals surface area contributed by atoms with Crippen LogP contribution in [0.25, 0.3) is 0 Å². The zero-order valence-electron chi connectivity index (χ0n) is 5.28. The quantitative estimate of drug-likeness (QED) is 0.472. The lowest BCUT2D eigenvalue weighted by atomic mass is 10.1. The van der Waals surface area contributed by atoms with Gasteiger partial charge < -0.3 is 0 Å². The van der Waals surface area contributed by atoms with Crippen LogP contribution in [0.1, 0.15) is 15.9 Å². The van der Waals surface area contributed by atoms with Crippen molar-refractivity contribution in [1.82, 2.24) is 0 Å². The van der Waals surface area contributed by atoms with Crippen LogP contribution in [0.5, 0.6) is 0 Å². The van der Waals surface area contributed by atoms with E-state index in [1.54, 1.807) is 6.07 Å². The molecular formula is C8H6OS. The van der Waals surface area contributed by atoms with Crippen molar-refractivity contribution in [2.75, 3.05) is 0 Å². The van der Waals surface area contributed by atoms with Crippen LogP contribution < -0.4 is 0 Å². The molecule has 0 atom stereocenters. The Labute approximate surface area is 64.7 Å². The fourth-order valence-corrected chi connectivity index (χ4v) is 0.940. The van der Waals surface area contributed by atoms with E-state index in [9.17, 15) is 4.79 Å². The summed E-state index contributed by atoms with van der Waals surface area (Å²) in [5.41, 5.74) is 1.46. The van der Waals surface area contributed by atoms with Gasteiger partial charge in [-0.1, -0.05) is 36.5 Å². The summed E-state index contributed by atoms with van der Waals surface area (Å²) >= 11 is 4.69. The molecule has 0 spiro atoms. The van der Waals surface area contributed by atoms with Gasteiger partial charge in [0.05, 0.1) is 0 Å². The monoisotopic (exact) mass is 150 g/mol. The molecule has 0 saturated heterocycles. The second-order valence-corrected chi connectivity index (χ2v) is 2.10. The van der Waals surface area contributed by atoms with E-state index in [0.717, 1.165) is 11.8 Å². The van der Waals surface area contributed by atoms with Crippen molar-refractivity contribution in [1.29, 1.82) is 0 Å². The minimum Gasteiger partial charge on any atom is -0.298 e. The standard InChI is InChI=1S/C8H6OS/c9-5-7-3-1-2-4-8(7)6-10/h1-6H. The fourth-order valence-electron chi connectivity index (χ4n) is 0.726. The molecule has 0 radical (unpaired) electrons. The molecule has 10 heavy (non-hydrogen) atoms. The Bertz CT molecular complexity index is 228. The first kappa shape index (κ1) is 7.09. The van der Waals surface area contributed by atoms with E-state index in [4.69, 9.17) is 0 Å². The summed E-state index contributed by atoms with van der Waals surface area (Å²) in [6.07, 6.45) is 0.804. The third-order valence-electron chi connectivity index (χ3n) is 1.25. The number of benzene rings is 1. The average molecular weight is 150 g/mol. The molecule has 0 bridgehead atoms. The molecule has 1 rings (SSSR count). The zero-order valence-corrected chi connectivity index (χ0v) is 6.10. The fraction of sp³-hybridized carbons (Fsp3) is 0. The van der Waals surface area contributed by atoms with Crippen molar-refractivity contribution >= 4 is 23.9 Å². The Morgan fingerprint density at radius 2 is 1.80 bits per heavy atom. The minimum atomic E-state index is 0.650. The molecule has 50 valence electrons. The maximum atomic E-state index is 10.3. The second kappa shape index (κ2) is 3.22. The van der Waals surface area contributed by atoms with E-state index in [1.165, 1.54) is 5.37 Å². The minimum absolute atomic E-state index is 0.650. The summed E-state index contributed by atoms with van der Waals surface area (Å²) in [5.74, 6) is 0. The number of aldehydes is 1. The molecular weight excluding hydrogens is 144 g/mol. The molecule has 0 saturated carbocycles. The Hall–Kier alpha value is -1.02. The molecule has 0 N–H and O–H groups in total. The van der Waals surface area contributed by atoms with E-state index in [-0.39, 0.29) is 0 Å². The van der Waals surface area contributed by atoms with Crippen LogP contribution in [0.2, 0.25) is 0 Å². The normalized spacial score (nSPS) is 8.80. The number of hydrogen-bond acceptors (Lipinski definition) is 2. The van der Waals surface area contributed by atoms with Gasteiger partial charge in [0, 0.05) is 10.9 Å². The maximum Gasteiger partial charge on any atom is 0.150 e. The summed E-state index contributed by atoms with van der Waals surface area (Å²) in [6.45, 7) is 0. The average Bonchev–Trinajstić information content (AvgIpc) is 2.04. The summed E-state index contributed by atoms with van der Waals surface area (Å²) in [6, 6.07) is 7.22. The highest BCUT2D eigenvalue weighted by molar-refractivity contribution is 7.79. The molecule has 0 aromatic heterocycles. The van der Waals surface area contributed by atoms with Crippen LogP contribution in [0.4, 0.5) is 0 Å². The van der Waals surface area contributed by atoms with Gasteiger partial charge in [-0.15, -0.1) is 0 Å². The van der Waals surface area contributed by atoms with Gasteiger partial charge in [-0.25, -0.2) is 0 Å². The Kier molecular flexibility index (Phi) is 2.29. The molecule has 0 aliphatic rings. The Balaban J connectivity index is 3.20. The molecule has 1 nitrogen and oxygen atoms in total. The van der Waals surface area contributed by atoms with Crippen LogP contribution in [0.15, 0.2) is 24.3 Å². The number of thiocarbonyl (C=S) groups is 1. The Morgan fingerprint density at radius 1 is 1.20 bits per heavy atom. The summed E-state index contributed by atoms with van der Waals surface area (Å²) in [7, 11) is 0. The molecule has 0 heterocycles. The molecule has 0 unspecified atom stereocenters. The van der Waals surface area contributed by atoms with Gasteiger partial charge in [0.25, 0.3) is 0 Å². The topological polar surface area (TPSA) is 17.1 Å². The zero-order chi connectivity index (χ0) is 7.40. The van der Waals surface area contributed by atoms with E-state index in [0.29, 0.717) is 5.56 Å². The van der Waals surface area contributed by atoms with E-state index in [2.05, 4.69) is 12.2 Å². The van der Waals surface area contributed by atoms with Crippen molar-refractivity contribution in [3.63, 3.8) is 0 Å². The van der Waals surface area contributed by atoms with Crippen molar-refractivity contribution in [2.45, 2.75) is 0 Å². The lowest BCUT2D eigenvalue weighted by Crippen LogP contribution is -1.87. The summed E-state index contributed by atoms with van der Waals surface area (Å²) in [4.78, 5) is 10.3. The lowest BCUT2D eigenvalue weighted by molar-refractivity contribution is 0.112. The third-order valence-corrected chi connectivity index (χ3v) is 1.50. The molecule has 1 aromatic carbocycles. The van der Waals surface area contributed by atoms with Crippen LogP contribution in [0.3, 0.4) is 0 Å². The number of carbonyl (C=O) groups excluding carboxylic acids is 1. The van der Waals surface area contributed by atoms with Gasteiger partial charge in [-0.3, -0.25) is 4.79 Å². The van der Waals surface area contributed by atoms with Gasteiger partial charge in [0.2, 0.25) is 0 Å². The molecule has 0 aliphatic carbocycles. The third kappa shape index (κ3) is 1.28. The molecule has 1 aromatic rings. The van der Waals surface area contributed by atoms with E-state index >= 15 is 0 Å². The van der Waals surface area contributed by atoms with Gasteiger partial charge in [-0.05, 0) is 5.56 Å². The maximum absolute atomic E-state index is 10.3. The number of hydrogen-bond donors (Lipinski definition) is 0. The molecule has 0 fully saturated rings. The number of carbonyl (C=O) groups is 1. The largest absolute Gasteiger partial charge is 0.298 e. The van der Waals surface area contributed by atoms with Crippen molar-refractivity contribution in [3.05, 3.63) is 35.4 Å². The molecule has 0 aliphatic heterocycles. The van der Waals surface area contributed by atoms with E-state index < -0.39 is 0 Å². The van der Waals surface area contributed by atoms with Crippen LogP contribution in [-0.4, -0.2) is 11.7 Å². The van der Waals surface area contributed by atoms with Gasteiger partial charge in [0.1, 0.15) is 0 Å². The highest BCUT2D eigenvalue weighted by atomic mass is 32.1. The summed E-state index contributed by atoms with van der Waals surface area (Å²) in [5, 5.41) is 1.50. The Morgan fingerprint density at radius 3 is 2.20 bits per heavy atom. The van der Waals surface area contributed by atoms with Crippen molar-refractivity contribution < 1.29 is 4.79 Å². The van der Waals surface area contributed by atoms with E-state index in [1.807, 2.05) is 18.2 Å². The molecule has 0 amide bonds. The highest BCUT2D eigenvalue weighted by Gasteiger charge is 1.93. The number of rotatable bonds is 2. The highest BCUT2D eigenvalue weighted by Crippen LogP contribution is 2.02. The predicted molar refractivity (Wildman–Crippen MR) is 44.6 cm³/mol. The van der Waals surface area contributed by atoms with Crippen molar-refractivity contribution in [3.8, 4) is 0 Å². The first-order chi connectivity index (χ1) is 4.88. The second-order valence-electron chi connectivity index (χ2n) is 1.86. The van der Waals surface area contributed by atoms with Crippen LogP contribution in [0, 0.1) is 0 Å². The predicted octanol–water partition coefficient (Wildman–Crippen LogP) is 1.85. The van der Waals surface area contributed by atoms with Crippen LogP contribution in [-0.2, 0) is 0 Å². The van der Waals surface area contributed by atoms with Gasteiger partial charge in [-0.2, -0.15) is 0 Å². The van der Waals surface area contributed by atoms with Crippen LogP contribution >= 0.6 is 12.2 Å². The molecule has 2 heteroatoms.